The minimum absolute atomic E-state index is 0.0865. The largest absolute Gasteiger partial charge is 0.507 e. The van der Waals surface area contributed by atoms with E-state index in [1.54, 1.807) is 18.3 Å². The molecule has 0 spiro atoms. The molecule has 0 fully saturated rings. The molecule has 33 heavy (non-hydrogen) atoms. The van der Waals surface area contributed by atoms with Crippen LogP contribution >= 0.6 is 0 Å². The number of hydrogen-bond donors (Lipinski definition) is 3. The van der Waals surface area contributed by atoms with E-state index in [-0.39, 0.29) is 11.3 Å². The number of hydrogen-bond acceptors (Lipinski definition) is 4. The quantitative estimate of drug-likeness (QED) is 0.248. The Kier molecular flexibility index (Phi) is 5.47. The second kappa shape index (κ2) is 8.88. The van der Waals surface area contributed by atoms with Crippen molar-refractivity contribution in [2.45, 2.75) is 6.61 Å². The maximum atomic E-state index is 12.5. The van der Waals surface area contributed by atoms with Gasteiger partial charge in [-0.1, -0.05) is 54.6 Å². The zero-order chi connectivity index (χ0) is 22.6. The number of rotatable bonds is 6. The van der Waals surface area contributed by atoms with Crippen molar-refractivity contribution >= 4 is 33.8 Å². The zero-order valence-corrected chi connectivity index (χ0v) is 17.7. The molecule has 1 aromatic heterocycles. The molecular weight excluding hydrogens is 414 g/mol. The van der Waals surface area contributed by atoms with Gasteiger partial charge >= 0.3 is 0 Å². The second-order valence-electron chi connectivity index (χ2n) is 7.64. The van der Waals surface area contributed by atoms with Crippen LogP contribution in [0.3, 0.4) is 0 Å². The third-order valence-corrected chi connectivity index (χ3v) is 5.41. The van der Waals surface area contributed by atoms with E-state index < -0.39 is 5.91 Å². The number of fused-ring (bicyclic) bond motifs is 2. The van der Waals surface area contributed by atoms with Gasteiger partial charge < -0.3 is 14.8 Å². The molecule has 1 heterocycles. The summed E-state index contributed by atoms with van der Waals surface area (Å²) in [5, 5.41) is 17.0. The molecule has 162 valence electrons. The number of benzene rings is 4. The van der Waals surface area contributed by atoms with Crippen molar-refractivity contribution in [3.63, 3.8) is 0 Å². The average Bonchev–Trinajstić information content (AvgIpc) is 3.25. The van der Waals surface area contributed by atoms with Gasteiger partial charge in [0, 0.05) is 28.7 Å². The van der Waals surface area contributed by atoms with Crippen molar-refractivity contribution < 1.29 is 14.6 Å². The van der Waals surface area contributed by atoms with Gasteiger partial charge in [-0.05, 0) is 40.6 Å². The topological polar surface area (TPSA) is 86.7 Å². The number of phenols is 1. The van der Waals surface area contributed by atoms with E-state index in [1.165, 1.54) is 0 Å². The van der Waals surface area contributed by atoms with Crippen molar-refractivity contribution in [1.29, 1.82) is 0 Å². The van der Waals surface area contributed by atoms with E-state index in [0.29, 0.717) is 6.61 Å². The normalized spacial score (nSPS) is 11.3. The van der Waals surface area contributed by atoms with Gasteiger partial charge in [-0.2, -0.15) is 5.10 Å². The Bertz CT molecular complexity index is 1470. The summed E-state index contributed by atoms with van der Waals surface area (Å²) in [6.45, 7) is 0.495. The number of amides is 1. The number of hydrazone groups is 1. The number of nitrogens with zero attached hydrogens (tertiary/aromatic N) is 1. The fraction of sp³-hybridized carbons (Fsp3) is 0.0370. The highest BCUT2D eigenvalue weighted by atomic mass is 16.5. The molecule has 0 aliphatic carbocycles. The molecule has 0 saturated heterocycles. The number of aromatic hydroxyl groups is 1. The van der Waals surface area contributed by atoms with Crippen molar-refractivity contribution in [2.24, 2.45) is 5.10 Å². The van der Waals surface area contributed by atoms with Crippen LogP contribution in [0.5, 0.6) is 11.5 Å². The zero-order valence-electron chi connectivity index (χ0n) is 17.7. The molecule has 0 atom stereocenters. The molecule has 5 rings (SSSR count). The van der Waals surface area contributed by atoms with Crippen LogP contribution in [0.25, 0.3) is 21.7 Å². The van der Waals surface area contributed by atoms with Gasteiger partial charge in [0.25, 0.3) is 5.91 Å². The van der Waals surface area contributed by atoms with Gasteiger partial charge in [-0.3, -0.25) is 4.79 Å². The van der Waals surface area contributed by atoms with Gasteiger partial charge in [-0.25, -0.2) is 5.43 Å². The molecule has 3 N–H and O–H groups in total. The molecule has 6 heteroatoms. The van der Waals surface area contributed by atoms with Crippen LogP contribution in [0.4, 0.5) is 0 Å². The van der Waals surface area contributed by atoms with Crippen molar-refractivity contribution in [3.05, 3.63) is 108 Å². The number of aromatic amines is 1. The first-order valence-electron chi connectivity index (χ1n) is 10.5. The SMILES string of the molecule is O=C(NN=Cc1c[nH]c2cc(OCc3ccccc3)ccc12)c1cc2ccccc2cc1O. The van der Waals surface area contributed by atoms with E-state index in [9.17, 15) is 9.90 Å². The van der Waals surface area contributed by atoms with E-state index in [1.807, 2.05) is 79.0 Å². The molecule has 5 aromatic rings. The lowest BCUT2D eigenvalue weighted by atomic mass is 10.1. The Morgan fingerprint density at radius 1 is 0.970 bits per heavy atom. The number of aromatic nitrogens is 1. The fourth-order valence-electron chi connectivity index (χ4n) is 3.70. The van der Waals surface area contributed by atoms with E-state index in [2.05, 4.69) is 15.5 Å². The van der Waals surface area contributed by atoms with Gasteiger partial charge in [0.1, 0.15) is 18.1 Å². The monoisotopic (exact) mass is 435 g/mol. The number of H-pyrrole nitrogens is 1. The van der Waals surface area contributed by atoms with Crippen LogP contribution in [0.2, 0.25) is 0 Å². The van der Waals surface area contributed by atoms with Gasteiger partial charge in [0.05, 0.1) is 11.8 Å². The Balaban J connectivity index is 1.27. The van der Waals surface area contributed by atoms with Crippen LogP contribution in [0, 0.1) is 0 Å². The number of ether oxygens (including phenoxy) is 1. The Hall–Kier alpha value is -4.58. The van der Waals surface area contributed by atoms with Crippen LogP contribution in [-0.4, -0.2) is 22.2 Å². The highest BCUT2D eigenvalue weighted by Gasteiger charge is 2.12. The van der Waals surface area contributed by atoms with Crippen molar-refractivity contribution in [3.8, 4) is 11.5 Å². The van der Waals surface area contributed by atoms with Gasteiger partial charge in [-0.15, -0.1) is 0 Å². The Morgan fingerprint density at radius 2 is 1.73 bits per heavy atom. The van der Waals surface area contributed by atoms with E-state index >= 15 is 0 Å². The summed E-state index contributed by atoms with van der Waals surface area (Å²) >= 11 is 0. The predicted molar refractivity (Wildman–Crippen MR) is 130 cm³/mol. The lowest BCUT2D eigenvalue weighted by Crippen LogP contribution is -2.17. The standard InChI is InChI=1S/C27H21N3O3/c31-26-13-20-9-5-4-8-19(20)12-24(26)27(32)30-29-16-21-15-28-25-14-22(10-11-23(21)25)33-17-18-6-2-1-3-7-18/h1-16,28,31H,17H2,(H,30,32). The summed E-state index contributed by atoms with van der Waals surface area (Å²) in [6.07, 6.45) is 3.38. The number of nitrogens with one attached hydrogen (secondary N) is 2. The summed E-state index contributed by atoms with van der Waals surface area (Å²) in [5.74, 6) is 0.194. The molecule has 0 radical (unpaired) electrons. The Morgan fingerprint density at radius 3 is 2.55 bits per heavy atom. The summed E-state index contributed by atoms with van der Waals surface area (Å²) in [4.78, 5) is 15.7. The molecule has 0 saturated carbocycles. The summed E-state index contributed by atoms with van der Waals surface area (Å²) in [7, 11) is 0. The third kappa shape index (κ3) is 4.41. The molecular formula is C27H21N3O3. The molecule has 0 bridgehead atoms. The first-order valence-corrected chi connectivity index (χ1v) is 10.5. The van der Waals surface area contributed by atoms with Gasteiger partial charge in [0.2, 0.25) is 0 Å². The Labute approximate surface area is 190 Å². The van der Waals surface area contributed by atoms with E-state index in [0.717, 1.165) is 38.6 Å². The third-order valence-electron chi connectivity index (χ3n) is 5.41. The van der Waals surface area contributed by atoms with Crippen molar-refractivity contribution in [1.82, 2.24) is 10.4 Å². The van der Waals surface area contributed by atoms with Crippen LogP contribution < -0.4 is 10.2 Å². The van der Waals surface area contributed by atoms with E-state index in [4.69, 9.17) is 4.74 Å². The summed E-state index contributed by atoms with van der Waals surface area (Å²) < 4.78 is 5.88. The number of phenolic OH excluding ortho intramolecular Hbond substituents is 1. The fourth-order valence-corrected chi connectivity index (χ4v) is 3.70. The molecule has 4 aromatic carbocycles. The minimum atomic E-state index is -0.481. The molecule has 0 aliphatic heterocycles. The lowest BCUT2D eigenvalue weighted by Gasteiger charge is -2.06. The minimum Gasteiger partial charge on any atom is -0.507 e. The van der Waals surface area contributed by atoms with Gasteiger partial charge in [0.15, 0.2) is 0 Å². The first kappa shape index (κ1) is 20.3. The summed E-state index contributed by atoms with van der Waals surface area (Å²) in [5.41, 5.74) is 5.49. The maximum absolute atomic E-state index is 12.5. The molecule has 0 unspecified atom stereocenters. The average molecular weight is 435 g/mol. The number of carbonyl (C=O) groups excluding carboxylic acids is 1. The lowest BCUT2D eigenvalue weighted by molar-refractivity contribution is 0.0952. The highest BCUT2D eigenvalue weighted by molar-refractivity contribution is 6.03. The number of carbonyl (C=O) groups is 1. The predicted octanol–water partition coefficient (Wildman–Crippen LogP) is 5.37. The molecule has 0 aliphatic rings. The summed E-state index contributed by atoms with van der Waals surface area (Å²) in [6, 6.07) is 26.5. The van der Waals surface area contributed by atoms with Crippen LogP contribution in [0.1, 0.15) is 21.5 Å². The second-order valence-corrected chi connectivity index (χ2v) is 7.64. The van der Waals surface area contributed by atoms with Crippen LogP contribution in [-0.2, 0) is 6.61 Å². The van der Waals surface area contributed by atoms with Crippen LogP contribution in [0.15, 0.2) is 96.2 Å². The van der Waals surface area contributed by atoms with Crippen molar-refractivity contribution in [2.75, 3.05) is 0 Å². The highest BCUT2D eigenvalue weighted by Crippen LogP contribution is 2.25. The molecule has 1 amide bonds. The smallest absolute Gasteiger partial charge is 0.275 e. The molecule has 6 nitrogen and oxygen atoms in total. The first-order chi connectivity index (χ1) is 16.2. The maximum Gasteiger partial charge on any atom is 0.275 e.